The van der Waals surface area contributed by atoms with E-state index in [9.17, 15) is 4.79 Å². The molecule has 3 nitrogen and oxygen atoms in total. The van der Waals surface area contributed by atoms with Crippen LogP contribution in [0, 0.1) is 0 Å². The molecule has 0 spiro atoms. The maximum atomic E-state index is 11.4. The maximum Gasteiger partial charge on any atom is 0.253 e. The average Bonchev–Trinajstić information content (AvgIpc) is 2.28. The van der Waals surface area contributed by atoms with Crippen LogP contribution in [0.2, 0.25) is 5.15 Å². The van der Waals surface area contributed by atoms with Gasteiger partial charge in [-0.2, -0.15) is 0 Å². The van der Waals surface area contributed by atoms with E-state index in [1.54, 1.807) is 6.07 Å². The number of nitrogens with one attached hydrogen (secondary N) is 1. The van der Waals surface area contributed by atoms with Crippen LogP contribution in [0.1, 0.15) is 15.9 Å². The largest absolute Gasteiger partial charge is 0.348 e. The number of fused-ring (bicyclic) bond motifs is 1. The molecule has 2 rings (SSSR count). The van der Waals surface area contributed by atoms with Crippen molar-refractivity contribution in [2.45, 2.75) is 0 Å². The van der Waals surface area contributed by atoms with E-state index in [1.165, 1.54) is 6.20 Å². The highest BCUT2D eigenvalue weighted by molar-refractivity contribution is 6.29. The molecule has 0 fully saturated rings. The van der Waals surface area contributed by atoms with Crippen molar-refractivity contribution in [1.82, 2.24) is 10.3 Å². The van der Waals surface area contributed by atoms with Gasteiger partial charge in [-0.15, -0.1) is 0 Å². The summed E-state index contributed by atoms with van der Waals surface area (Å²) in [4.78, 5) is 15.2. The Hall–Kier alpha value is -1.35. The smallest absolute Gasteiger partial charge is 0.253 e. The molecule has 0 aliphatic carbocycles. The first-order valence-electron chi connectivity index (χ1n) is 3.87. The Bertz CT molecular complexity index is 387. The lowest BCUT2D eigenvalue weighted by Gasteiger charge is -2.02. The highest BCUT2D eigenvalue weighted by atomic mass is 35.5. The van der Waals surface area contributed by atoms with Crippen LogP contribution in [0.25, 0.3) is 6.08 Å². The van der Waals surface area contributed by atoms with E-state index in [2.05, 4.69) is 10.3 Å². The Morgan fingerprint density at radius 2 is 2.38 bits per heavy atom. The molecule has 0 aromatic carbocycles. The molecule has 1 aromatic rings. The summed E-state index contributed by atoms with van der Waals surface area (Å²) in [5, 5.41) is 3.11. The fourth-order valence-corrected chi connectivity index (χ4v) is 1.37. The maximum absolute atomic E-state index is 11.4. The molecule has 1 aliphatic rings. The molecule has 4 heteroatoms. The molecule has 0 atom stereocenters. The lowest BCUT2D eigenvalue weighted by molar-refractivity contribution is 0.0958. The number of nitrogens with zero attached hydrogens (tertiary/aromatic N) is 1. The van der Waals surface area contributed by atoms with Gasteiger partial charge in [0, 0.05) is 12.7 Å². The van der Waals surface area contributed by atoms with Crippen LogP contribution in [0.5, 0.6) is 0 Å². The van der Waals surface area contributed by atoms with Crippen LogP contribution in [-0.2, 0) is 0 Å². The topological polar surface area (TPSA) is 42.0 Å². The van der Waals surface area contributed by atoms with Crippen molar-refractivity contribution in [3.8, 4) is 0 Å². The number of amides is 1. The van der Waals surface area contributed by atoms with E-state index >= 15 is 0 Å². The number of hydrogen-bond donors (Lipinski definition) is 1. The molecule has 1 amide bonds. The van der Waals surface area contributed by atoms with E-state index in [1.807, 2.05) is 12.2 Å². The van der Waals surface area contributed by atoms with Gasteiger partial charge in [0.05, 0.1) is 5.56 Å². The number of halogens is 1. The molecule has 0 saturated heterocycles. The predicted molar refractivity (Wildman–Crippen MR) is 50.6 cm³/mol. The van der Waals surface area contributed by atoms with Gasteiger partial charge in [0.25, 0.3) is 5.91 Å². The minimum absolute atomic E-state index is 0.107. The zero-order valence-corrected chi connectivity index (χ0v) is 7.51. The third kappa shape index (κ3) is 1.55. The van der Waals surface area contributed by atoms with Crippen LogP contribution in [0.3, 0.4) is 0 Å². The Kier molecular flexibility index (Phi) is 2.02. The van der Waals surface area contributed by atoms with Crippen LogP contribution in [0.15, 0.2) is 18.3 Å². The number of hydrogen-bond acceptors (Lipinski definition) is 2. The number of aromatic nitrogens is 1. The summed E-state index contributed by atoms with van der Waals surface area (Å²) in [7, 11) is 0. The fourth-order valence-electron chi connectivity index (χ4n) is 1.20. The van der Waals surface area contributed by atoms with Gasteiger partial charge in [0.15, 0.2) is 0 Å². The van der Waals surface area contributed by atoms with Crippen molar-refractivity contribution >= 4 is 23.6 Å². The van der Waals surface area contributed by atoms with Crippen molar-refractivity contribution in [2.75, 3.05) is 6.54 Å². The second kappa shape index (κ2) is 3.18. The van der Waals surface area contributed by atoms with Gasteiger partial charge in [-0.1, -0.05) is 23.8 Å². The molecule has 0 unspecified atom stereocenters. The second-order valence-electron chi connectivity index (χ2n) is 2.71. The van der Waals surface area contributed by atoms with Gasteiger partial charge in [0.1, 0.15) is 5.15 Å². The van der Waals surface area contributed by atoms with Crippen molar-refractivity contribution in [3.05, 3.63) is 34.6 Å². The van der Waals surface area contributed by atoms with Crippen LogP contribution >= 0.6 is 11.6 Å². The first-order chi connectivity index (χ1) is 6.27. The summed E-state index contributed by atoms with van der Waals surface area (Å²) in [5.41, 5.74) is 1.38. The highest BCUT2D eigenvalue weighted by Crippen LogP contribution is 2.16. The fraction of sp³-hybridized carbons (Fsp3) is 0.111. The van der Waals surface area contributed by atoms with E-state index in [0.29, 0.717) is 17.3 Å². The predicted octanol–water partition coefficient (Wildman–Crippen LogP) is 1.49. The van der Waals surface area contributed by atoms with Gasteiger partial charge >= 0.3 is 0 Å². The summed E-state index contributed by atoms with van der Waals surface area (Å²) in [5.74, 6) is -0.107. The summed E-state index contributed by atoms with van der Waals surface area (Å²) >= 11 is 5.70. The molecule has 1 N–H and O–H groups in total. The number of pyridine rings is 1. The highest BCUT2D eigenvalue weighted by Gasteiger charge is 2.12. The van der Waals surface area contributed by atoms with E-state index in [-0.39, 0.29) is 5.91 Å². The zero-order valence-electron chi connectivity index (χ0n) is 6.75. The van der Waals surface area contributed by atoms with Gasteiger partial charge in [0.2, 0.25) is 0 Å². The molecule has 13 heavy (non-hydrogen) atoms. The molecule has 66 valence electrons. The summed E-state index contributed by atoms with van der Waals surface area (Å²) in [6, 6.07) is 1.68. The number of carbonyl (C=O) groups excluding carboxylic acids is 1. The van der Waals surface area contributed by atoms with E-state index in [0.717, 1.165) is 5.56 Å². The molecule has 0 bridgehead atoms. The first-order valence-corrected chi connectivity index (χ1v) is 4.25. The molecule has 1 aromatic heterocycles. The standard InChI is InChI=1S/C9H7ClN2O/c10-8-4-6-2-1-3-11-9(13)7(6)5-12-8/h1-2,4-5H,3H2,(H,11,13). The summed E-state index contributed by atoms with van der Waals surface area (Å²) < 4.78 is 0. The van der Waals surface area contributed by atoms with Crippen molar-refractivity contribution in [1.29, 1.82) is 0 Å². The monoisotopic (exact) mass is 194 g/mol. The normalized spacial score (nSPS) is 14.7. The molecule has 0 saturated carbocycles. The Balaban J connectivity index is 2.57. The number of carbonyl (C=O) groups is 1. The van der Waals surface area contributed by atoms with Crippen molar-refractivity contribution in [2.24, 2.45) is 0 Å². The zero-order chi connectivity index (χ0) is 9.26. The quantitative estimate of drug-likeness (QED) is 0.636. The second-order valence-corrected chi connectivity index (χ2v) is 3.09. The van der Waals surface area contributed by atoms with Crippen LogP contribution in [0.4, 0.5) is 0 Å². The van der Waals surface area contributed by atoms with Crippen molar-refractivity contribution in [3.63, 3.8) is 0 Å². The first kappa shape index (κ1) is 8.26. The Morgan fingerprint density at radius 3 is 3.23 bits per heavy atom. The lowest BCUT2D eigenvalue weighted by Crippen LogP contribution is -2.22. The summed E-state index contributed by atoms with van der Waals surface area (Å²) in [6.45, 7) is 0.547. The Morgan fingerprint density at radius 1 is 1.54 bits per heavy atom. The van der Waals surface area contributed by atoms with Gasteiger partial charge in [-0.25, -0.2) is 4.98 Å². The van der Waals surface area contributed by atoms with E-state index in [4.69, 9.17) is 11.6 Å². The van der Waals surface area contributed by atoms with Crippen molar-refractivity contribution < 1.29 is 4.79 Å². The summed E-state index contributed by atoms with van der Waals surface area (Å²) in [6.07, 6.45) is 5.23. The average molecular weight is 195 g/mol. The van der Waals surface area contributed by atoms with E-state index < -0.39 is 0 Å². The Labute approximate surface area is 80.4 Å². The minimum Gasteiger partial charge on any atom is -0.348 e. The minimum atomic E-state index is -0.107. The van der Waals surface area contributed by atoms with Gasteiger partial charge in [-0.3, -0.25) is 4.79 Å². The van der Waals surface area contributed by atoms with Gasteiger partial charge < -0.3 is 5.32 Å². The third-order valence-electron chi connectivity index (χ3n) is 1.83. The lowest BCUT2D eigenvalue weighted by atomic mass is 10.1. The molecular weight excluding hydrogens is 188 g/mol. The molecule has 2 heterocycles. The SMILES string of the molecule is O=C1NCC=Cc2cc(Cl)ncc21. The van der Waals surface area contributed by atoms with Gasteiger partial charge in [-0.05, 0) is 11.6 Å². The molecular formula is C9H7ClN2O. The molecule has 0 radical (unpaired) electrons. The third-order valence-corrected chi connectivity index (χ3v) is 2.03. The van der Waals surface area contributed by atoms with Crippen LogP contribution < -0.4 is 5.32 Å². The number of rotatable bonds is 0. The molecule has 1 aliphatic heterocycles. The van der Waals surface area contributed by atoms with Crippen LogP contribution in [-0.4, -0.2) is 17.4 Å².